The van der Waals surface area contributed by atoms with Crippen LogP contribution in [-0.2, 0) is 19.4 Å². The molecule has 0 bridgehead atoms. The lowest BCUT2D eigenvalue weighted by Crippen LogP contribution is -2.05. The van der Waals surface area contributed by atoms with Crippen LogP contribution in [0.3, 0.4) is 0 Å². The van der Waals surface area contributed by atoms with Crippen molar-refractivity contribution in [3.8, 4) is 11.8 Å². The molecule has 0 aliphatic heterocycles. The van der Waals surface area contributed by atoms with Crippen molar-refractivity contribution in [2.45, 2.75) is 39.4 Å². The minimum atomic E-state index is -1.12. The summed E-state index contributed by atoms with van der Waals surface area (Å²) in [5.41, 5.74) is 3.84. The van der Waals surface area contributed by atoms with Crippen molar-refractivity contribution in [2.24, 2.45) is 0 Å². The second-order valence-electron chi connectivity index (χ2n) is 5.17. The first-order chi connectivity index (χ1) is 10.7. The van der Waals surface area contributed by atoms with Gasteiger partial charge in [-0.1, -0.05) is 50.2 Å². The Hall–Kier alpha value is -2.31. The van der Waals surface area contributed by atoms with E-state index in [0.717, 1.165) is 29.7 Å². The molecule has 1 N–H and O–H groups in total. The van der Waals surface area contributed by atoms with Crippen molar-refractivity contribution in [1.82, 2.24) is 0 Å². The van der Waals surface area contributed by atoms with Crippen LogP contribution in [0.4, 0.5) is 0 Å². The molecular formula is C19H21NO2. The third kappa shape index (κ3) is 3.66. The summed E-state index contributed by atoms with van der Waals surface area (Å²) in [4.78, 5) is 0. The average Bonchev–Trinajstić information content (AvgIpc) is 2.59. The molecule has 2 rings (SSSR count). The lowest BCUT2D eigenvalue weighted by atomic mass is 10.0. The molecule has 0 saturated heterocycles. The van der Waals surface area contributed by atoms with Crippen LogP contribution in [0.1, 0.15) is 42.2 Å². The first-order valence-corrected chi connectivity index (χ1v) is 7.59. The van der Waals surface area contributed by atoms with Gasteiger partial charge in [0.2, 0.25) is 0 Å². The predicted molar refractivity (Wildman–Crippen MR) is 86.5 cm³/mol. The number of ether oxygens (including phenoxy) is 1. The molecule has 114 valence electrons. The molecule has 3 nitrogen and oxygen atoms in total. The van der Waals surface area contributed by atoms with E-state index >= 15 is 0 Å². The Morgan fingerprint density at radius 3 is 2.55 bits per heavy atom. The van der Waals surface area contributed by atoms with Gasteiger partial charge >= 0.3 is 0 Å². The van der Waals surface area contributed by atoms with Gasteiger partial charge in [0, 0.05) is 5.56 Å². The van der Waals surface area contributed by atoms with Crippen LogP contribution < -0.4 is 4.74 Å². The van der Waals surface area contributed by atoms with Crippen molar-refractivity contribution in [3.05, 3.63) is 64.7 Å². The molecular weight excluding hydrogens is 274 g/mol. The molecule has 0 heterocycles. The highest BCUT2D eigenvalue weighted by atomic mass is 16.5. The number of aryl methyl sites for hydroxylation is 2. The number of rotatable bonds is 6. The van der Waals surface area contributed by atoms with E-state index in [9.17, 15) is 5.11 Å². The van der Waals surface area contributed by atoms with Gasteiger partial charge in [-0.25, -0.2) is 0 Å². The molecule has 0 aliphatic rings. The lowest BCUT2D eigenvalue weighted by Gasteiger charge is -2.15. The summed E-state index contributed by atoms with van der Waals surface area (Å²) in [5.74, 6) is 0.878. The van der Waals surface area contributed by atoms with Crippen LogP contribution in [0, 0.1) is 11.3 Å². The maximum absolute atomic E-state index is 9.77. The quantitative estimate of drug-likeness (QED) is 0.821. The Labute approximate surface area is 131 Å². The molecule has 2 aromatic rings. The minimum absolute atomic E-state index is 0.342. The standard InChI is InChI=1S/C19H21NO2/c1-3-14-9-10-15(4-2)19(11-14)22-13-16-7-5-6-8-17(16)18(21)12-20/h5-11,18,21H,3-4,13H2,1-2H3. The molecule has 0 saturated carbocycles. The van der Waals surface area contributed by atoms with Crippen LogP contribution in [0.2, 0.25) is 0 Å². The van der Waals surface area contributed by atoms with Crippen LogP contribution in [0.5, 0.6) is 5.75 Å². The number of benzene rings is 2. The van der Waals surface area contributed by atoms with E-state index in [4.69, 9.17) is 10.00 Å². The van der Waals surface area contributed by atoms with Gasteiger partial charge in [0.1, 0.15) is 12.4 Å². The molecule has 1 unspecified atom stereocenters. The van der Waals surface area contributed by atoms with E-state index in [1.807, 2.05) is 24.3 Å². The summed E-state index contributed by atoms with van der Waals surface area (Å²) in [7, 11) is 0. The highest BCUT2D eigenvalue weighted by Crippen LogP contribution is 2.24. The summed E-state index contributed by atoms with van der Waals surface area (Å²) < 4.78 is 5.97. The van der Waals surface area contributed by atoms with E-state index in [0.29, 0.717) is 12.2 Å². The van der Waals surface area contributed by atoms with Gasteiger partial charge < -0.3 is 9.84 Å². The lowest BCUT2D eigenvalue weighted by molar-refractivity contribution is 0.229. The fourth-order valence-electron chi connectivity index (χ4n) is 2.40. The second kappa shape index (κ2) is 7.63. The number of aliphatic hydroxyl groups is 1. The third-order valence-electron chi connectivity index (χ3n) is 3.78. The van der Waals surface area contributed by atoms with Crippen molar-refractivity contribution >= 4 is 0 Å². The highest BCUT2D eigenvalue weighted by molar-refractivity contribution is 5.38. The van der Waals surface area contributed by atoms with Crippen LogP contribution in [-0.4, -0.2) is 5.11 Å². The van der Waals surface area contributed by atoms with Gasteiger partial charge in [0.05, 0.1) is 6.07 Å². The van der Waals surface area contributed by atoms with Crippen molar-refractivity contribution in [2.75, 3.05) is 0 Å². The van der Waals surface area contributed by atoms with Gasteiger partial charge in [0.15, 0.2) is 6.10 Å². The first kappa shape index (κ1) is 16.1. The van der Waals surface area contributed by atoms with Gasteiger partial charge in [-0.3, -0.25) is 0 Å². The number of hydrogen-bond donors (Lipinski definition) is 1. The molecule has 22 heavy (non-hydrogen) atoms. The average molecular weight is 295 g/mol. The Balaban J connectivity index is 2.22. The van der Waals surface area contributed by atoms with E-state index in [1.54, 1.807) is 6.07 Å². The number of nitriles is 1. The van der Waals surface area contributed by atoms with E-state index < -0.39 is 6.10 Å². The van der Waals surface area contributed by atoms with Gasteiger partial charge in [0.25, 0.3) is 0 Å². The van der Waals surface area contributed by atoms with Crippen molar-refractivity contribution in [3.63, 3.8) is 0 Å². The minimum Gasteiger partial charge on any atom is -0.489 e. The zero-order valence-electron chi connectivity index (χ0n) is 13.0. The van der Waals surface area contributed by atoms with Gasteiger partial charge in [-0.05, 0) is 35.6 Å². The van der Waals surface area contributed by atoms with Crippen LogP contribution in [0.15, 0.2) is 42.5 Å². The fraction of sp³-hybridized carbons (Fsp3) is 0.316. The summed E-state index contributed by atoms with van der Waals surface area (Å²) in [6.07, 6.45) is 0.749. The molecule has 0 spiro atoms. The summed E-state index contributed by atoms with van der Waals surface area (Å²) >= 11 is 0. The molecule has 0 fully saturated rings. The predicted octanol–water partition coefficient (Wildman–Crippen LogP) is 3.95. The Bertz CT molecular complexity index is 673. The molecule has 0 radical (unpaired) electrons. The molecule has 2 aromatic carbocycles. The summed E-state index contributed by atoms with van der Waals surface area (Å²) in [6, 6.07) is 15.5. The molecule has 0 aliphatic carbocycles. The Morgan fingerprint density at radius 1 is 1.09 bits per heavy atom. The summed E-state index contributed by atoms with van der Waals surface area (Å²) in [6.45, 7) is 4.56. The largest absolute Gasteiger partial charge is 0.489 e. The number of hydrogen-bond acceptors (Lipinski definition) is 3. The molecule has 1 atom stereocenters. The third-order valence-corrected chi connectivity index (χ3v) is 3.78. The normalized spacial score (nSPS) is 11.7. The van der Waals surface area contributed by atoms with Crippen molar-refractivity contribution < 1.29 is 9.84 Å². The van der Waals surface area contributed by atoms with Crippen LogP contribution in [0.25, 0.3) is 0 Å². The molecule has 0 aromatic heterocycles. The second-order valence-corrected chi connectivity index (χ2v) is 5.17. The van der Waals surface area contributed by atoms with E-state index in [2.05, 4.69) is 32.0 Å². The maximum Gasteiger partial charge on any atom is 0.166 e. The fourth-order valence-corrected chi connectivity index (χ4v) is 2.40. The first-order valence-electron chi connectivity index (χ1n) is 7.59. The van der Waals surface area contributed by atoms with E-state index in [1.165, 1.54) is 5.56 Å². The Morgan fingerprint density at radius 2 is 1.86 bits per heavy atom. The zero-order valence-corrected chi connectivity index (χ0v) is 13.0. The Kier molecular flexibility index (Phi) is 5.57. The smallest absolute Gasteiger partial charge is 0.166 e. The monoisotopic (exact) mass is 295 g/mol. The summed E-state index contributed by atoms with van der Waals surface area (Å²) in [5, 5.41) is 18.7. The highest BCUT2D eigenvalue weighted by Gasteiger charge is 2.12. The topological polar surface area (TPSA) is 53.2 Å². The zero-order chi connectivity index (χ0) is 15.9. The molecule has 0 amide bonds. The van der Waals surface area contributed by atoms with Crippen molar-refractivity contribution in [1.29, 1.82) is 5.26 Å². The SMILES string of the molecule is CCc1ccc(CC)c(OCc2ccccc2C(O)C#N)c1. The number of nitrogens with zero attached hydrogens (tertiary/aromatic N) is 1. The maximum atomic E-state index is 9.77. The van der Waals surface area contributed by atoms with Crippen LogP contribution >= 0.6 is 0 Å². The van der Waals surface area contributed by atoms with E-state index in [-0.39, 0.29) is 0 Å². The number of aliphatic hydroxyl groups excluding tert-OH is 1. The van der Waals surface area contributed by atoms with Gasteiger partial charge in [-0.15, -0.1) is 0 Å². The van der Waals surface area contributed by atoms with Gasteiger partial charge in [-0.2, -0.15) is 5.26 Å². The molecule has 3 heteroatoms.